The predicted octanol–water partition coefficient (Wildman–Crippen LogP) is 0.120. The van der Waals surface area contributed by atoms with Gasteiger partial charge in [-0.05, 0) is 31.5 Å². The zero-order valence-electron chi connectivity index (χ0n) is 19.6. The summed E-state index contributed by atoms with van der Waals surface area (Å²) in [5.74, 6) is -1.93. The molecule has 2 fully saturated rings. The summed E-state index contributed by atoms with van der Waals surface area (Å²) in [4.78, 5) is 68.0. The van der Waals surface area contributed by atoms with E-state index in [2.05, 4.69) is 15.5 Å². The van der Waals surface area contributed by atoms with E-state index in [1.54, 1.807) is 12.1 Å². The summed E-state index contributed by atoms with van der Waals surface area (Å²) in [7, 11) is 0. The van der Waals surface area contributed by atoms with Crippen LogP contribution in [0.4, 0.5) is 0 Å². The Morgan fingerprint density at radius 2 is 1.88 bits per heavy atom. The molecule has 4 rings (SSSR count). The van der Waals surface area contributed by atoms with Crippen LogP contribution >= 0.6 is 0 Å². The number of benzene rings is 1. The minimum Gasteiger partial charge on any atom is -0.340 e. The first-order valence-electron chi connectivity index (χ1n) is 11.9. The average Bonchev–Trinajstić information content (AvgIpc) is 3.08. The second kappa shape index (κ2) is 10.0. The molecule has 0 saturated carbocycles. The standard InChI is InChI=1S/C24H31N5O5/c1-3-27(15(2)13-20(31)28-11-9-25-10-12-28)14-16-5-4-6-17-21(16)24(34)29(23(17)33)18-7-8-19(30)26-22(18)32/h4-6,15,18,25H,3,7-14H2,1-2H3,(H,26,30,32). The monoisotopic (exact) mass is 469 g/mol. The maximum absolute atomic E-state index is 13.3. The van der Waals surface area contributed by atoms with Crippen LogP contribution in [-0.2, 0) is 20.9 Å². The molecule has 2 saturated heterocycles. The van der Waals surface area contributed by atoms with Crippen LogP contribution in [0.2, 0.25) is 0 Å². The smallest absolute Gasteiger partial charge is 0.262 e. The lowest BCUT2D eigenvalue weighted by Crippen LogP contribution is -2.54. The number of hydrogen-bond donors (Lipinski definition) is 2. The molecular formula is C24H31N5O5. The van der Waals surface area contributed by atoms with Crippen LogP contribution in [0.15, 0.2) is 18.2 Å². The Bertz CT molecular complexity index is 1020. The highest BCUT2D eigenvalue weighted by atomic mass is 16.2. The molecule has 10 nitrogen and oxygen atoms in total. The highest BCUT2D eigenvalue weighted by Crippen LogP contribution is 2.31. The fourth-order valence-corrected chi connectivity index (χ4v) is 4.94. The number of carbonyl (C=O) groups excluding carboxylic acids is 5. The van der Waals surface area contributed by atoms with Gasteiger partial charge in [0.2, 0.25) is 17.7 Å². The lowest BCUT2D eigenvalue weighted by Gasteiger charge is -2.32. The van der Waals surface area contributed by atoms with Gasteiger partial charge in [-0.3, -0.25) is 39.1 Å². The normalized spacial score (nSPS) is 21.7. The fourth-order valence-electron chi connectivity index (χ4n) is 4.94. The Labute approximate surface area is 198 Å². The molecular weight excluding hydrogens is 438 g/mol. The van der Waals surface area contributed by atoms with Crippen molar-refractivity contribution in [2.24, 2.45) is 0 Å². The lowest BCUT2D eigenvalue weighted by atomic mass is 10.0. The second-order valence-corrected chi connectivity index (χ2v) is 9.03. The molecule has 3 aliphatic rings. The molecule has 0 radical (unpaired) electrons. The first kappa shape index (κ1) is 24.0. The molecule has 182 valence electrons. The van der Waals surface area contributed by atoms with Crippen molar-refractivity contribution < 1.29 is 24.0 Å². The van der Waals surface area contributed by atoms with Crippen molar-refractivity contribution in [2.45, 2.75) is 51.7 Å². The maximum Gasteiger partial charge on any atom is 0.262 e. The number of hydrogen-bond acceptors (Lipinski definition) is 7. The van der Waals surface area contributed by atoms with Gasteiger partial charge in [-0.15, -0.1) is 0 Å². The molecule has 5 amide bonds. The molecule has 0 spiro atoms. The zero-order chi connectivity index (χ0) is 24.4. The third-order valence-electron chi connectivity index (χ3n) is 6.90. The number of rotatable bonds is 7. The molecule has 3 aliphatic heterocycles. The quantitative estimate of drug-likeness (QED) is 0.545. The van der Waals surface area contributed by atoms with E-state index in [-0.39, 0.29) is 30.4 Å². The van der Waals surface area contributed by atoms with E-state index < -0.39 is 29.7 Å². The molecule has 34 heavy (non-hydrogen) atoms. The third-order valence-corrected chi connectivity index (χ3v) is 6.90. The van der Waals surface area contributed by atoms with Gasteiger partial charge in [-0.2, -0.15) is 0 Å². The summed E-state index contributed by atoms with van der Waals surface area (Å²) in [5, 5.41) is 5.46. The van der Waals surface area contributed by atoms with Crippen molar-refractivity contribution in [3.63, 3.8) is 0 Å². The Morgan fingerprint density at radius 3 is 2.56 bits per heavy atom. The largest absolute Gasteiger partial charge is 0.340 e. The number of fused-ring (bicyclic) bond motifs is 1. The van der Waals surface area contributed by atoms with Crippen LogP contribution < -0.4 is 10.6 Å². The van der Waals surface area contributed by atoms with Crippen LogP contribution in [0, 0.1) is 0 Å². The summed E-state index contributed by atoms with van der Waals surface area (Å²) in [6.07, 6.45) is 0.578. The summed E-state index contributed by atoms with van der Waals surface area (Å²) < 4.78 is 0. The first-order chi connectivity index (χ1) is 16.3. The highest BCUT2D eigenvalue weighted by molar-refractivity contribution is 6.24. The van der Waals surface area contributed by atoms with E-state index >= 15 is 0 Å². The molecule has 2 atom stereocenters. The first-order valence-corrected chi connectivity index (χ1v) is 11.9. The van der Waals surface area contributed by atoms with E-state index in [0.29, 0.717) is 43.7 Å². The van der Waals surface area contributed by atoms with Crippen molar-refractivity contribution >= 4 is 29.5 Å². The Morgan fingerprint density at radius 1 is 1.15 bits per heavy atom. The SMILES string of the molecule is CCN(Cc1cccc2c1C(=O)N(C1CCC(=O)NC1=O)C2=O)C(C)CC(=O)N1CCNCC1. The Balaban J connectivity index is 1.50. The van der Waals surface area contributed by atoms with Crippen molar-refractivity contribution in [2.75, 3.05) is 32.7 Å². The molecule has 0 aliphatic carbocycles. The summed E-state index contributed by atoms with van der Waals surface area (Å²) in [5.41, 5.74) is 1.26. The molecule has 10 heteroatoms. The molecule has 3 heterocycles. The predicted molar refractivity (Wildman–Crippen MR) is 123 cm³/mol. The van der Waals surface area contributed by atoms with Crippen LogP contribution in [0.1, 0.15) is 59.4 Å². The van der Waals surface area contributed by atoms with Crippen LogP contribution in [0.3, 0.4) is 0 Å². The lowest BCUT2D eigenvalue weighted by molar-refractivity contribution is -0.136. The van der Waals surface area contributed by atoms with E-state index in [1.165, 1.54) is 0 Å². The van der Waals surface area contributed by atoms with Gasteiger partial charge in [-0.1, -0.05) is 19.1 Å². The maximum atomic E-state index is 13.3. The number of piperidine rings is 1. The van der Waals surface area contributed by atoms with Crippen LogP contribution in [0.5, 0.6) is 0 Å². The van der Waals surface area contributed by atoms with Crippen molar-refractivity contribution in [1.82, 2.24) is 25.3 Å². The zero-order valence-corrected chi connectivity index (χ0v) is 19.6. The van der Waals surface area contributed by atoms with E-state index in [9.17, 15) is 24.0 Å². The number of piperazine rings is 1. The molecule has 0 aromatic heterocycles. The number of nitrogens with one attached hydrogen (secondary N) is 2. The van der Waals surface area contributed by atoms with Crippen molar-refractivity contribution in [3.8, 4) is 0 Å². The highest BCUT2D eigenvalue weighted by Gasteiger charge is 2.45. The van der Waals surface area contributed by atoms with Crippen LogP contribution in [0.25, 0.3) is 0 Å². The Hall–Kier alpha value is -3.11. The number of imide groups is 2. The molecule has 2 unspecified atom stereocenters. The molecule has 1 aromatic rings. The van der Waals surface area contributed by atoms with Crippen LogP contribution in [-0.4, -0.2) is 89.0 Å². The molecule has 0 bridgehead atoms. The van der Waals surface area contributed by atoms with E-state index in [4.69, 9.17) is 0 Å². The molecule has 1 aromatic carbocycles. The second-order valence-electron chi connectivity index (χ2n) is 9.03. The van der Waals surface area contributed by atoms with Gasteiger partial charge >= 0.3 is 0 Å². The van der Waals surface area contributed by atoms with Crippen molar-refractivity contribution in [3.05, 3.63) is 34.9 Å². The number of amides is 5. The number of carbonyl (C=O) groups is 5. The van der Waals surface area contributed by atoms with Gasteiger partial charge in [0.25, 0.3) is 11.8 Å². The van der Waals surface area contributed by atoms with Gasteiger partial charge in [0.1, 0.15) is 6.04 Å². The van der Waals surface area contributed by atoms with Crippen molar-refractivity contribution in [1.29, 1.82) is 0 Å². The van der Waals surface area contributed by atoms with E-state index in [0.717, 1.165) is 18.0 Å². The Kier molecular flexibility index (Phi) is 7.08. The van der Waals surface area contributed by atoms with Gasteiger partial charge in [-0.25, -0.2) is 0 Å². The minimum atomic E-state index is -0.990. The molecule has 2 N–H and O–H groups in total. The summed E-state index contributed by atoms with van der Waals surface area (Å²) in [6, 6.07) is 4.10. The van der Waals surface area contributed by atoms with Gasteiger partial charge < -0.3 is 10.2 Å². The van der Waals surface area contributed by atoms with Gasteiger partial charge in [0.05, 0.1) is 11.1 Å². The topological polar surface area (TPSA) is 119 Å². The summed E-state index contributed by atoms with van der Waals surface area (Å²) in [6.45, 7) is 8.07. The number of nitrogens with zero attached hydrogens (tertiary/aromatic N) is 3. The van der Waals surface area contributed by atoms with E-state index in [1.807, 2.05) is 24.8 Å². The average molecular weight is 470 g/mol. The van der Waals surface area contributed by atoms with Gasteiger partial charge in [0, 0.05) is 51.6 Å². The third kappa shape index (κ3) is 4.60. The fraction of sp³-hybridized carbons (Fsp3) is 0.542. The minimum absolute atomic E-state index is 0.0540. The summed E-state index contributed by atoms with van der Waals surface area (Å²) >= 11 is 0. The van der Waals surface area contributed by atoms with Gasteiger partial charge in [0.15, 0.2) is 0 Å².